The molecule has 2 amide bonds. The third kappa shape index (κ3) is 5.08. The van der Waals surface area contributed by atoms with Gasteiger partial charge in [-0.25, -0.2) is 4.39 Å². The molecule has 0 saturated heterocycles. The number of amides is 2. The molecule has 1 aliphatic rings. The monoisotopic (exact) mass is 449 g/mol. The van der Waals surface area contributed by atoms with Crippen LogP contribution in [-0.2, 0) is 16.1 Å². The van der Waals surface area contributed by atoms with Crippen molar-refractivity contribution in [2.45, 2.75) is 25.9 Å². The lowest BCUT2D eigenvalue weighted by Gasteiger charge is -2.38. The Kier molecular flexibility index (Phi) is 7.07. The minimum absolute atomic E-state index is 0.0729. The summed E-state index contributed by atoms with van der Waals surface area (Å²) in [5, 5.41) is 0. The molecule has 0 fully saturated rings. The first kappa shape index (κ1) is 22.6. The van der Waals surface area contributed by atoms with E-state index in [1.54, 1.807) is 35.2 Å². The molecule has 0 spiro atoms. The molecule has 7 heteroatoms. The van der Waals surface area contributed by atoms with Gasteiger partial charge in [0.15, 0.2) is 6.61 Å². The van der Waals surface area contributed by atoms with Crippen LogP contribution in [0.15, 0.2) is 72.9 Å². The summed E-state index contributed by atoms with van der Waals surface area (Å²) in [6.45, 7) is 3.25. The van der Waals surface area contributed by atoms with E-state index < -0.39 is 6.04 Å². The number of carbonyl (C=O) groups excluding carboxylic acids is 2. The topological polar surface area (TPSA) is 54.8 Å². The fourth-order valence-electron chi connectivity index (χ4n) is 4.25. The fraction of sp³-hybridized carbons (Fsp3) is 0.308. The van der Waals surface area contributed by atoms with E-state index in [0.29, 0.717) is 37.4 Å². The van der Waals surface area contributed by atoms with Crippen LogP contribution < -0.4 is 4.74 Å². The number of carbonyl (C=O) groups is 2. The predicted octanol–water partition coefficient (Wildman–Crippen LogP) is 3.88. The second-order valence-electron chi connectivity index (χ2n) is 8.05. The zero-order valence-corrected chi connectivity index (χ0v) is 18.7. The van der Waals surface area contributed by atoms with Crippen molar-refractivity contribution in [1.82, 2.24) is 14.4 Å². The Morgan fingerprint density at radius 1 is 1.03 bits per heavy atom. The molecule has 1 aromatic heterocycles. The molecule has 0 bridgehead atoms. The van der Waals surface area contributed by atoms with Gasteiger partial charge in [-0.3, -0.25) is 9.59 Å². The smallest absolute Gasteiger partial charge is 0.260 e. The van der Waals surface area contributed by atoms with Crippen molar-refractivity contribution >= 4 is 11.8 Å². The summed E-state index contributed by atoms with van der Waals surface area (Å²) in [6, 6.07) is 18.9. The van der Waals surface area contributed by atoms with Crippen molar-refractivity contribution in [3.8, 4) is 5.75 Å². The molecule has 33 heavy (non-hydrogen) atoms. The summed E-state index contributed by atoms with van der Waals surface area (Å²) in [5.74, 6) is -0.216. The molecular formula is C26H28FN3O3. The summed E-state index contributed by atoms with van der Waals surface area (Å²) in [6.07, 6.45) is 2.66. The Bertz CT molecular complexity index is 1100. The van der Waals surface area contributed by atoms with Gasteiger partial charge in [0.05, 0.1) is 6.54 Å². The minimum atomic E-state index is -0.540. The highest BCUT2D eigenvalue weighted by Crippen LogP contribution is 2.33. The molecule has 1 unspecified atom stereocenters. The molecule has 1 aliphatic heterocycles. The minimum Gasteiger partial charge on any atom is -0.484 e. The molecule has 0 aliphatic carbocycles. The molecule has 172 valence electrons. The van der Waals surface area contributed by atoms with E-state index in [-0.39, 0.29) is 30.8 Å². The van der Waals surface area contributed by atoms with Crippen LogP contribution in [0.3, 0.4) is 0 Å². The summed E-state index contributed by atoms with van der Waals surface area (Å²) >= 11 is 0. The first-order valence-corrected chi connectivity index (χ1v) is 11.2. The van der Waals surface area contributed by atoms with Gasteiger partial charge in [-0.15, -0.1) is 0 Å². The fourth-order valence-corrected chi connectivity index (χ4v) is 4.25. The van der Waals surface area contributed by atoms with Crippen molar-refractivity contribution < 1.29 is 18.7 Å². The van der Waals surface area contributed by atoms with Crippen LogP contribution in [0.25, 0.3) is 0 Å². The highest BCUT2D eigenvalue weighted by atomic mass is 19.1. The third-order valence-corrected chi connectivity index (χ3v) is 5.84. The molecule has 0 saturated carbocycles. The number of para-hydroxylation sites is 1. The zero-order chi connectivity index (χ0) is 23.2. The maximum atomic E-state index is 14.8. The van der Waals surface area contributed by atoms with Gasteiger partial charge < -0.3 is 19.1 Å². The van der Waals surface area contributed by atoms with Crippen LogP contribution in [0, 0.1) is 5.82 Å². The molecule has 6 nitrogen and oxygen atoms in total. The van der Waals surface area contributed by atoms with Gasteiger partial charge in [-0.05, 0) is 36.8 Å². The van der Waals surface area contributed by atoms with Gasteiger partial charge in [-0.1, -0.05) is 43.3 Å². The lowest BCUT2D eigenvalue weighted by Crippen LogP contribution is -2.49. The summed E-state index contributed by atoms with van der Waals surface area (Å²) in [7, 11) is 0. The van der Waals surface area contributed by atoms with Crippen LogP contribution in [0.2, 0.25) is 0 Å². The second-order valence-corrected chi connectivity index (χ2v) is 8.05. The number of fused-ring (bicyclic) bond motifs is 1. The normalized spacial score (nSPS) is 15.1. The van der Waals surface area contributed by atoms with Crippen LogP contribution >= 0.6 is 0 Å². The summed E-state index contributed by atoms with van der Waals surface area (Å²) in [4.78, 5) is 29.5. The van der Waals surface area contributed by atoms with Gasteiger partial charge in [0.25, 0.3) is 5.91 Å². The van der Waals surface area contributed by atoms with Crippen LogP contribution in [0.1, 0.15) is 30.6 Å². The van der Waals surface area contributed by atoms with Gasteiger partial charge in [-0.2, -0.15) is 0 Å². The third-order valence-electron chi connectivity index (χ3n) is 5.84. The number of rotatable bonds is 8. The molecular weight excluding hydrogens is 421 g/mol. The van der Waals surface area contributed by atoms with E-state index in [4.69, 9.17) is 4.74 Å². The lowest BCUT2D eigenvalue weighted by atomic mass is 9.99. The van der Waals surface area contributed by atoms with E-state index >= 15 is 0 Å². The second kappa shape index (κ2) is 10.3. The molecule has 1 atom stereocenters. The van der Waals surface area contributed by atoms with Crippen LogP contribution in [0.4, 0.5) is 4.39 Å². The summed E-state index contributed by atoms with van der Waals surface area (Å²) < 4.78 is 22.4. The number of benzene rings is 2. The molecule has 0 N–H and O–H groups in total. The maximum absolute atomic E-state index is 14.8. The van der Waals surface area contributed by atoms with Crippen molar-refractivity contribution in [3.05, 3.63) is 90.0 Å². The van der Waals surface area contributed by atoms with Gasteiger partial charge in [0, 0.05) is 37.1 Å². The highest BCUT2D eigenvalue weighted by Gasteiger charge is 2.34. The first-order valence-electron chi connectivity index (χ1n) is 11.2. The van der Waals surface area contributed by atoms with E-state index in [9.17, 15) is 14.0 Å². The quantitative estimate of drug-likeness (QED) is 0.525. The standard InChI is InChI=1S/C26H28FN3O3/c1-2-14-29(25(32)19-33-20-9-4-3-5-10-20)18-24(31)30-17-16-28-15-8-13-23(28)26(30)21-11-6-7-12-22(21)27/h3-13,15,26H,2,14,16-19H2,1H3. The van der Waals surface area contributed by atoms with Crippen molar-refractivity contribution in [1.29, 1.82) is 0 Å². The Morgan fingerprint density at radius 2 is 1.79 bits per heavy atom. The average molecular weight is 450 g/mol. The lowest BCUT2D eigenvalue weighted by molar-refractivity contribution is -0.143. The number of ether oxygens (including phenoxy) is 1. The molecule has 0 radical (unpaired) electrons. The van der Waals surface area contributed by atoms with Crippen molar-refractivity contribution in [2.75, 3.05) is 26.2 Å². The molecule has 2 aromatic carbocycles. The van der Waals surface area contributed by atoms with Crippen molar-refractivity contribution in [2.24, 2.45) is 0 Å². The Balaban J connectivity index is 1.52. The van der Waals surface area contributed by atoms with Gasteiger partial charge >= 0.3 is 0 Å². The average Bonchev–Trinajstić information content (AvgIpc) is 3.32. The highest BCUT2D eigenvalue weighted by molar-refractivity contribution is 5.86. The number of hydrogen-bond acceptors (Lipinski definition) is 3. The van der Waals surface area contributed by atoms with E-state index in [1.165, 1.54) is 11.0 Å². The zero-order valence-electron chi connectivity index (χ0n) is 18.7. The summed E-state index contributed by atoms with van der Waals surface area (Å²) in [5.41, 5.74) is 1.31. The number of hydrogen-bond donors (Lipinski definition) is 0. The molecule has 3 aromatic rings. The Morgan fingerprint density at radius 3 is 2.55 bits per heavy atom. The Hall–Kier alpha value is -3.61. The van der Waals surface area contributed by atoms with Gasteiger partial charge in [0.2, 0.25) is 5.91 Å². The van der Waals surface area contributed by atoms with E-state index in [0.717, 1.165) is 5.69 Å². The largest absolute Gasteiger partial charge is 0.484 e. The maximum Gasteiger partial charge on any atom is 0.260 e. The number of aromatic nitrogens is 1. The SMILES string of the molecule is CCCN(CC(=O)N1CCn2cccc2C1c1ccccc1F)C(=O)COc1ccccc1. The predicted molar refractivity (Wildman–Crippen MR) is 123 cm³/mol. The molecule has 2 heterocycles. The number of halogens is 1. The van der Waals surface area contributed by atoms with E-state index in [1.807, 2.05) is 48.0 Å². The Labute approximate surface area is 193 Å². The molecule has 4 rings (SSSR count). The number of nitrogens with zero attached hydrogens (tertiary/aromatic N) is 3. The van der Waals surface area contributed by atoms with Crippen LogP contribution in [0.5, 0.6) is 5.75 Å². The van der Waals surface area contributed by atoms with Gasteiger partial charge in [0.1, 0.15) is 17.6 Å². The first-order chi connectivity index (χ1) is 16.1. The van der Waals surface area contributed by atoms with Crippen molar-refractivity contribution in [3.63, 3.8) is 0 Å². The van der Waals surface area contributed by atoms with E-state index in [2.05, 4.69) is 0 Å². The van der Waals surface area contributed by atoms with Crippen LogP contribution in [-0.4, -0.2) is 52.4 Å².